The molecule has 1 aliphatic rings. The van der Waals surface area contributed by atoms with Crippen LogP contribution in [0.3, 0.4) is 0 Å². The second kappa shape index (κ2) is 3.02. The molecular formula is C10H15NO2. The Morgan fingerprint density at radius 1 is 1.54 bits per heavy atom. The quantitative estimate of drug-likeness (QED) is 0.611. The van der Waals surface area contributed by atoms with E-state index in [2.05, 4.69) is 0 Å². The second-order valence-electron chi connectivity index (χ2n) is 4.83. The van der Waals surface area contributed by atoms with Gasteiger partial charge in [0.15, 0.2) is 5.41 Å². The largest absolute Gasteiger partial charge is 0.464 e. The standard InChI is InChI=1S/C10H15NO2/c1-9(2,3)7-13-8(12)10(6-11)4-5-10/h4-5,7H2,1-3H3. The molecule has 13 heavy (non-hydrogen) atoms. The molecule has 1 rings (SSSR count). The first-order valence-corrected chi connectivity index (χ1v) is 4.48. The summed E-state index contributed by atoms with van der Waals surface area (Å²) in [4.78, 5) is 11.4. The Morgan fingerprint density at radius 3 is 2.38 bits per heavy atom. The van der Waals surface area contributed by atoms with E-state index in [-0.39, 0.29) is 11.4 Å². The van der Waals surface area contributed by atoms with E-state index < -0.39 is 5.41 Å². The van der Waals surface area contributed by atoms with Gasteiger partial charge >= 0.3 is 5.97 Å². The van der Waals surface area contributed by atoms with Crippen LogP contribution in [-0.4, -0.2) is 12.6 Å². The van der Waals surface area contributed by atoms with Crippen molar-refractivity contribution in [3.63, 3.8) is 0 Å². The first kappa shape index (κ1) is 10.0. The summed E-state index contributed by atoms with van der Waals surface area (Å²) in [5.74, 6) is -0.343. The molecule has 0 aromatic rings. The zero-order valence-electron chi connectivity index (χ0n) is 8.39. The van der Waals surface area contributed by atoms with E-state index in [1.807, 2.05) is 26.8 Å². The van der Waals surface area contributed by atoms with E-state index in [0.29, 0.717) is 19.4 Å². The van der Waals surface area contributed by atoms with Crippen LogP contribution in [-0.2, 0) is 9.53 Å². The third-order valence-corrected chi connectivity index (χ3v) is 1.99. The van der Waals surface area contributed by atoms with Crippen LogP contribution in [0, 0.1) is 22.2 Å². The molecule has 3 heteroatoms. The zero-order chi connectivity index (χ0) is 10.1. The predicted octanol–water partition coefficient (Wildman–Crippen LogP) is 1.88. The van der Waals surface area contributed by atoms with Crippen molar-refractivity contribution in [2.75, 3.05) is 6.61 Å². The minimum atomic E-state index is -0.786. The fourth-order valence-corrected chi connectivity index (χ4v) is 0.907. The van der Waals surface area contributed by atoms with Crippen molar-refractivity contribution in [1.82, 2.24) is 0 Å². The summed E-state index contributed by atoms with van der Waals surface area (Å²) in [6, 6.07) is 2.01. The lowest BCUT2D eigenvalue weighted by atomic mass is 9.98. The number of carbonyl (C=O) groups excluding carboxylic acids is 1. The average molecular weight is 181 g/mol. The monoisotopic (exact) mass is 181 g/mol. The Kier molecular flexibility index (Phi) is 2.34. The van der Waals surface area contributed by atoms with Gasteiger partial charge in [-0.15, -0.1) is 0 Å². The fraction of sp³-hybridized carbons (Fsp3) is 0.800. The maximum Gasteiger partial charge on any atom is 0.326 e. The van der Waals surface area contributed by atoms with Gasteiger partial charge in [-0.2, -0.15) is 5.26 Å². The molecule has 0 unspecified atom stereocenters. The number of rotatable bonds is 2. The van der Waals surface area contributed by atoms with Gasteiger partial charge in [0.25, 0.3) is 0 Å². The molecular weight excluding hydrogens is 166 g/mol. The summed E-state index contributed by atoms with van der Waals surface area (Å²) in [6.45, 7) is 6.36. The number of hydrogen-bond acceptors (Lipinski definition) is 3. The van der Waals surface area contributed by atoms with Gasteiger partial charge in [-0.3, -0.25) is 4.79 Å². The molecule has 0 aromatic carbocycles. The summed E-state index contributed by atoms with van der Waals surface area (Å²) in [6.07, 6.45) is 1.32. The van der Waals surface area contributed by atoms with Crippen LogP contribution in [0.4, 0.5) is 0 Å². The van der Waals surface area contributed by atoms with Crippen LogP contribution in [0.25, 0.3) is 0 Å². The van der Waals surface area contributed by atoms with Crippen molar-refractivity contribution >= 4 is 5.97 Å². The smallest absolute Gasteiger partial charge is 0.326 e. The minimum absolute atomic E-state index is 0.0266. The molecule has 0 spiro atoms. The molecule has 72 valence electrons. The van der Waals surface area contributed by atoms with Gasteiger partial charge in [0.05, 0.1) is 12.7 Å². The Balaban J connectivity index is 2.40. The molecule has 1 saturated carbocycles. The van der Waals surface area contributed by atoms with Crippen LogP contribution in [0.1, 0.15) is 33.6 Å². The van der Waals surface area contributed by atoms with Crippen molar-refractivity contribution in [2.45, 2.75) is 33.6 Å². The lowest BCUT2D eigenvalue weighted by molar-refractivity contribution is -0.150. The first-order chi connectivity index (χ1) is 5.90. The lowest BCUT2D eigenvalue weighted by Gasteiger charge is -2.18. The summed E-state index contributed by atoms with van der Waals surface area (Å²) in [5, 5.41) is 8.71. The van der Waals surface area contributed by atoms with Gasteiger partial charge in [0, 0.05) is 0 Å². The van der Waals surface area contributed by atoms with Gasteiger partial charge in [-0.05, 0) is 18.3 Å². The molecule has 0 bridgehead atoms. The summed E-state index contributed by atoms with van der Waals surface area (Å²) >= 11 is 0. The van der Waals surface area contributed by atoms with Crippen molar-refractivity contribution in [3.05, 3.63) is 0 Å². The van der Waals surface area contributed by atoms with Crippen LogP contribution in [0.15, 0.2) is 0 Å². The van der Waals surface area contributed by atoms with Gasteiger partial charge < -0.3 is 4.74 Å². The predicted molar refractivity (Wildman–Crippen MR) is 47.7 cm³/mol. The highest BCUT2D eigenvalue weighted by atomic mass is 16.5. The van der Waals surface area contributed by atoms with Gasteiger partial charge in [0.2, 0.25) is 0 Å². The number of ether oxygens (including phenoxy) is 1. The highest BCUT2D eigenvalue weighted by Crippen LogP contribution is 2.46. The number of esters is 1. The second-order valence-corrected chi connectivity index (χ2v) is 4.83. The van der Waals surface area contributed by atoms with Crippen LogP contribution < -0.4 is 0 Å². The van der Waals surface area contributed by atoms with Crippen LogP contribution >= 0.6 is 0 Å². The molecule has 0 heterocycles. The number of nitrogens with zero attached hydrogens (tertiary/aromatic N) is 1. The molecule has 1 fully saturated rings. The molecule has 0 radical (unpaired) electrons. The Morgan fingerprint density at radius 2 is 2.08 bits per heavy atom. The van der Waals surface area contributed by atoms with E-state index in [0.717, 1.165) is 0 Å². The van der Waals surface area contributed by atoms with Crippen molar-refractivity contribution < 1.29 is 9.53 Å². The summed E-state index contributed by atoms with van der Waals surface area (Å²) < 4.78 is 5.06. The topological polar surface area (TPSA) is 50.1 Å². The fourth-order valence-electron chi connectivity index (χ4n) is 0.907. The molecule has 3 nitrogen and oxygen atoms in total. The molecule has 0 aliphatic heterocycles. The molecule has 0 amide bonds. The van der Waals surface area contributed by atoms with Crippen LogP contribution in [0.5, 0.6) is 0 Å². The number of carbonyl (C=O) groups is 1. The molecule has 0 aromatic heterocycles. The maximum absolute atomic E-state index is 11.4. The van der Waals surface area contributed by atoms with E-state index >= 15 is 0 Å². The number of hydrogen-bond donors (Lipinski definition) is 0. The van der Waals surface area contributed by atoms with E-state index in [4.69, 9.17) is 10.00 Å². The Bertz CT molecular complexity index is 253. The normalized spacial score (nSPS) is 18.9. The maximum atomic E-state index is 11.4. The van der Waals surface area contributed by atoms with Gasteiger partial charge in [-0.1, -0.05) is 20.8 Å². The van der Waals surface area contributed by atoms with E-state index in [9.17, 15) is 4.79 Å². The average Bonchev–Trinajstić information content (AvgIpc) is 2.79. The molecule has 0 saturated heterocycles. The van der Waals surface area contributed by atoms with Crippen molar-refractivity contribution in [3.8, 4) is 6.07 Å². The summed E-state index contributed by atoms with van der Waals surface area (Å²) in [7, 11) is 0. The molecule has 0 N–H and O–H groups in total. The molecule has 1 aliphatic carbocycles. The van der Waals surface area contributed by atoms with Crippen molar-refractivity contribution in [1.29, 1.82) is 5.26 Å². The SMILES string of the molecule is CC(C)(C)COC(=O)C1(C#N)CC1. The van der Waals surface area contributed by atoms with E-state index in [1.165, 1.54) is 0 Å². The Labute approximate surface area is 78.7 Å². The summed E-state index contributed by atoms with van der Waals surface area (Å²) in [5.41, 5.74) is -0.813. The molecule has 0 atom stereocenters. The van der Waals surface area contributed by atoms with Crippen LogP contribution in [0.2, 0.25) is 0 Å². The number of nitriles is 1. The van der Waals surface area contributed by atoms with Gasteiger partial charge in [-0.25, -0.2) is 0 Å². The first-order valence-electron chi connectivity index (χ1n) is 4.48. The van der Waals surface area contributed by atoms with Crippen molar-refractivity contribution in [2.24, 2.45) is 10.8 Å². The highest BCUT2D eigenvalue weighted by molar-refractivity contribution is 5.83. The highest BCUT2D eigenvalue weighted by Gasteiger charge is 2.52. The third kappa shape index (κ3) is 2.45. The zero-order valence-corrected chi connectivity index (χ0v) is 8.39. The lowest BCUT2D eigenvalue weighted by Crippen LogP contribution is -2.23. The Hall–Kier alpha value is -1.04. The van der Waals surface area contributed by atoms with E-state index in [1.54, 1.807) is 0 Å². The minimum Gasteiger partial charge on any atom is -0.464 e. The third-order valence-electron chi connectivity index (χ3n) is 1.99. The van der Waals surface area contributed by atoms with Gasteiger partial charge in [0.1, 0.15) is 0 Å².